The molecule has 108 valence electrons. The molecular weight excluding hydrogens is 300 g/mol. The SMILES string of the molecule is O=C(O)Nc1ccc(Oc2ccc([N+](=O)[O-])cc2)c(Cl)c1. The van der Waals surface area contributed by atoms with E-state index in [9.17, 15) is 14.9 Å². The summed E-state index contributed by atoms with van der Waals surface area (Å²) in [5.74, 6) is 0.683. The minimum absolute atomic E-state index is 0.0468. The van der Waals surface area contributed by atoms with Crippen molar-refractivity contribution in [3.8, 4) is 11.5 Å². The van der Waals surface area contributed by atoms with E-state index in [4.69, 9.17) is 21.4 Å². The van der Waals surface area contributed by atoms with Gasteiger partial charge in [0.05, 0.1) is 9.95 Å². The van der Waals surface area contributed by atoms with Crippen molar-refractivity contribution in [2.45, 2.75) is 0 Å². The van der Waals surface area contributed by atoms with E-state index in [-0.39, 0.29) is 10.7 Å². The summed E-state index contributed by atoms with van der Waals surface area (Å²) in [5.41, 5.74) is 0.262. The first kappa shape index (κ1) is 14.6. The molecule has 0 aliphatic rings. The van der Waals surface area contributed by atoms with Crippen LogP contribution >= 0.6 is 11.6 Å². The first-order valence-electron chi connectivity index (χ1n) is 5.67. The molecule has 0 aliphatic carbocycles. The number of non-ortho nitro benzene ring substituents is 1. The number of nitro benzene ring substituents is 1. The van der Waals surface area contributed by atoms with Gasteiger partial charge in [-0.05, 0) is 30.3 Å². The van der Waals surface area contributed by atoms with Gasteiger partial charge in [-0.3, -0.25) is 15.4 Å². The van der Waals surface area contributed by atoms with Gasteiger partial charge in [-0.1, -0.05) is 11.6 Å². The Balaban J connectivity index is 2.15. The van der Waals surface area contributed by atoms with E-state index in [0.29, 0.717) is 17.2 Å². The summed E-state index contributed by atoms with van der Waals surface area (Å²) in [6.45, 7) is 0. The summed E-state index contributed by atoms with van der Waals surface area (Å²) in [6.07, 6.45) is -1.20. The Hall–Kier alpha value is -2.80. The maximum atomic E-state index is 10.5. The molecule has 0 unspecified atom stereocenters. The highest BCUT2D eigenvalue weighted by Crippen LogP contribution is 2.32. The van der Waals surface area contributed by atoms with Gasteiger partial charge in [0.25, 0.3) is 5.69 Å². The molecule has 2 N–H and O–H groups in total. The highest BCUT2D eigenvalue weighted by atomic mass is 35.5. The molecule has 0 aromatic heterocycles. The molecule has 8 heteroatoms. The molecule has 2 rings (SSSR count). The number of amides is 1. The van der Waals surface area contributed by atoms with Crippen LogP contribution in [-0.4, -0.2) is 16.1 Å². The van der Waals surface area contributed by atoms with Crippen molar-refractivity contribution in [1.29, 1.82) is 0 Å². The summed E-state index contributed by atoms with van der Waals surface area (Å²) in [7, 11) is 0. The molecule has 7 nitrogen and oxygen atoms in total. The minimum Gasteiger partial charge on any atom is -0.465 e. The molecule has 0 saturated carbocycles. The molecule has 0 aliphatic heterocycles. The van der Waals surface area contributed by atoms with Crippen LogP contribution in [0.3, 0.4) is 0 Å². The normalized spacial score (nSPS) is 9.95. The average molecular weight is 309 g/mol. The van der Waals surface area contributed by atoms with Gasteiger partial charge < -0.3 is 9.84 Å². The number of nitrogens with one attached hydrogen (secondary N) is 1. The van der Waals surface area contributed by atoms with E-state index >= 15 is 0 Å². The Kier molecular flexibility index (Phi) is 4.24. The van der Waals surface area contributed by atoms with Gasteiger partial charge in [-0.25, -0.2) is 4.79 Å². The van der Waals surface area contributed by atoms with Crippen molar-refractivity contribution in [3.63, 3.8) is 0 Å². The highest BCUT2D eigenvalue weighted by molar-refractivity contribution is 6.32. The molecule has 0 radical (unpaired) electrons. The van der Waals surface area contributed by atoms with Crippen molar-refractivity contribution in [2.75, 3.05) is 5.32 Å². The largest absolute Gasteiger partial charge is 0.465 e. The van der Waals surface area contributed by atoms with E-state index in [1.807, 2.05) is 0 Å². The van der Waals surface area contributed by atoms with Gasteiger partial charge in [-0.2, -0.15) is 0 Å². The lowest BCUT2D eigenvalue weighted by molar-refractivity contribution is -0.384. The second-order valence-electron chi connectivity index (χ2n) is 3.93. The molecule has 1 amide bonds. The summed E-state index contributed by atoms with van der Waals surface area (Å²) >= 11 is 5.98. The van der Waals surface area contributed by atoms with Crippen molar-refractivity contribution in [1.82, 2.24) is 0 Å². The van der Waals surface area contributed by atoms with Crippen LogP contribution < -0.4 is 10.1 Å². The van der Waals surface area contributed by atoms with Crippen molar-refractivity contribution < 1.29 is 19.6 Å². The maximum Gasteiger partial charge on any atom is 0.409 e. The second-order valence-corrected chi connectivity index (χ2v) is 4.34. The smallest absolute Gasteiger partial charge is 0.409 e. The first-order valence-corrected chi connectivity index (χ1v) is 6.05. The molecule has 2 aromatic rings. The lowest BCUT2D eigenvalue weighted by Crippen LogP contribution is -2.06. The third-order valence-corrected chi connectivity index (χ3v) is 2.75. The fraction of sp³-hybridized carbons (Fsp3) is 0. The lowest BCUT2D eigenvalue weighted by Gasteiger charge is -2.09. The van der Waals surface area contributed by atoms with E-state index in [2.05, 4.69) is 5.32 Å². The zero-order valence-corrected chi connectivity index (χ0v) is 11.2. The number of halogens is 1. The molecular formula is C13H9ClN2O5. The minimum atomic E-state index is -1.20. The summed E-state index contributed by atoms with van der Waals surface area (Å²) in [4.78, 5) is 20.5. The Labute approximate surface area is 123 Å². The van der Waals surface area contributed by atoms with Gasteiger partial charge >= 0.3 is 6.09 Å². The zero-order valence-electron chi connectivity index (χ0n) is 10.4. The van der Waals surface area contributed by atoms with E-state index in [0.717, 1.165) is 0 Å². The topological polar surface area (TPSA) is 102 Å². The molecule has 0 fully saturated rings. The predicted molar refractivity (Wildman–Crippen MR) is 76.3 cm³/mol. The maximum absolute atomic E-state index is 10.5. The van der Waals surface area contributed by atoms with Crippen LogP contribution in [0, 0.1) is 10.1 Å². The summed E-state index contributed by atoms with van der Waals surface area (Å²) < 4.78 is 5.47. The van der Waals surface area contributed by atoms with Gasteiger partial charge in [0.15, 0.2) is 0 Å². The van der Waals surface area contributed by atoms with E-state index in [1.54, 1.807) is 0 Å². The fourth-order valence-electron chi connectivity index (χ4n) is 1.55. The van der Waals surface area contributed by atoms with E-state index < -0.39 is 11.0 Å². The Morgan fingerprint density at radius 1 is 1.24 bits per heavy atom. The number of nitrogens with zero attached hydrogens (tertiary/aromatic N) is 1. The average Bonchev–Trinajstić information content (AvgIpc) is 2.42. The summed E-state index contributed by atoms with van der Waals surface area (Å²) in [6, 6.07) is 9.88. The van der Waals surface area contributed by atoms with Gasteiger partial charge in [0.1, 0.15) is 11.5 Å². The number of carboxylic acid groups (broad SMARTS) is 1. The highest BCUT2D eigenvalue weighted by Gasteiger charge is 2.08. The Bertz CT molecular complexity index is 687. The third kappa shape index (κ3) is 3.83. The molecule has 0 heterocycles. The van der Waals surface area contributed by atoms with Gasteiger partial charge in [-0.15, -0.1) is 0 Å². The number of hydrogen-bond acceptors (Lipinski definition) is 4. The quantitative estimate of drug-likeness (QED) is 0.653. The summed E-state index contributed by atoms with van der Waals surface area (Å²) in [5, 5.41) is 21.5. The molecule has 0 atom stereocenters. The van der Waals surface area contributed by atoms with Crippen LogP contribution in [0.15, 0.2) is 42.5 Å². The molecule has 0 saturated heterocycles. The van der Waals surface area contributed by atoms with Crippen LogP contribution in [0.4, 0.5) is 16.2 Å². The molecule has 0 spiro atoms. The Morgan fingerprint density at radius 3 is 2.43 bits per heavy atom. The number of anilines is 1. The predicted octanol–water partition coefficient (Wildman–Crippen LogP) is 4.13. The fourth-order valence-corrected chi connectivity index (χ4v) is 1.77. The monoisotopic (exact) mass is 308 g/mol. The number of hydrogen-bond donors (Lipinski definition) is 2. The van der Waals surface area contributed by atoms with Crippen molar-refractivity contribution >= 4 is 29.1 Å². The second kappa shape index (κ2) is 6.10. The molecule has 21 heavy (non-hydrogen) atoms. The Morgan fingerprint density at radius 2 is 1.90 bits per heavy atom. The van der Waals surface area contributed by atoms with Crippen LogP contribution in [0.1, 0.15) is 0 Å². The van der Waals surface area contributed by atoms with E-state index in [1.165, 1.54) is 42.5 Å². The lowest BCUT2D eigenvalue weighted by atomic mass is 10.3. The first-order chi connectivity index (χ1) is 9.95. The zero-order chi connectivity index (χ0) is 15.4. The number of benzene rings is 2. The number of ether oxygens (including phenoxy) is 1. The van der Waals surface area contributed by atoms with Crippen molar-refractivity contribution in [2.24, 2.45) is 0 Å². The van der Waals surface area contributed by atoms with Crippen LogP contribution in [0.5, 0.6) is 11.5 Å². The standard InChI is InChI=1S/C13H9ClN2O5/c14-11-7-8(15-13(17)18)1-6-12(11)21-10-4-2-9(3-5-10)16(19)20/h1-7,15H,(H,17,18). The van der Waals surface area contributed by atoms with Crippen LogP contribution in [0.2, 0.25) is 5.02 Å². The molecule has 0 bridgehead atoms. The van der Waals surface area contributed by atoms with Crippen LogP contribution in [0.25, 0.3) is 0 Å². The van der Waals surface area contributed by atoms with Crippen LogP contribution in [-0.2, 0) is 0 Å². The number of carbonyl (C=O) groups is 1. The van der Waals surface area contributed by atoms with Gasteiger partial charge in [0.2, 0.25) is 0 Å². The van der Waals surface area contributed by atoms with Gasteiger partial charge in [0, 0.05) is 17.8 Å². The van der Waals surface area contributed by atoms with Crippen molar-refractivity contribution in [3.05, 3.63) is 57.6 Å². The number of nitro groups is 1. The molecule has 2 aromatic carbocycles. The third-order valence-electron chi connectivity index (χ3n) is 2.46. The number of rotatable bonds is 4.